The highest BCUT2D eigenvalue weighted by atomic mass is 16.1. The van der Waals surface area contributed by atoms with Crippen molar-refractivity contribution in [3.63, 3.8) is 0 Å². The number of hydrogen-bond donors (Lipinski definition) is 0. The van der Waals surface area contributed by atoms with Crippen molar-refractivity contribution in [2.45, 2.75) is 38.1 Å². The minimum Gasteiger partial charge on any atom is -0.300 e. The Bertz CT molecular complexity index is 230. The van der Waals surface area contributed by atoms with E-state index < -0.39 is 0 Å². The van der Waals surface area contributed by atoms with Crippen molar-refractivity contribution in [2.24, 2.45) is 5.92 Å². The van der Waals surface area contributed by atoms with E-state index in [9.17, 15) is 4.79 Å². The summed E-state index contributed by atoms with van der Waals surface area (Å²) in [6.07, 6.45) is 7.20. The number of Topliss-reactive ketones (excluding diaryl/α,β-unsaturated/α-hetero) is 1. The molecule has 0 aromatic carbocycles. The highest BCUT2D eigenvalue weighted by Gasteiger charge is 2.35. The second-order valence-electron chi connectivity index (χ2n) is 4.53. The number of rotatable bonds is 2. The minimum absolute atomic E-state index is 0.478. The summed E-state index contributed by atoms with van der Waals surface area (Å²) in [5, 5.41) is 0. The lowest BCUT2D eigenvalue weighted by Crippen LogP contribution is -2.48. The largest absolute Gasteiger partial charge is 0.300 e. The Morgan fingerprint density at radius 1 is 1.50 bits per heavy atom. The Labute approximate surface area is 86.0 Å². The molecule has 1 aliphatic heterocycles. The van der Waals surface area contributed by atoms with Gasteiger partial charge in [0.15, 0.2) is 0 Å². The number of fused-ring (bicyclic) bond motifs is 1. The van der Waals surface area contributed by atoms with Crippen LogP contribution in [0.1, 0.15) is 32.1 Å². The lowest BCUT2D eigenvalue weighted by molar-refractivity contribution is -0.124. The van der Waals surface area contributed by atoms with Crippen molar-refractivity contribution in [2.75, 3.05) is 13.1 Å². The van der Waals surface area contributed by atoms with Crippen LogP contribution < -0.4 is 0 Å². The van der Waals surface area contributed by atoms with Crippen LogP contribution in [0.2, 0.25) is 0 Å². The lowest BCUT2D eigenvalue weighted by Gasteiger charge is -2.43. The average Bonchev–Trinajstić information content (AvgIpc) is 2.18. The van der Waals surface area contributed by atoms with Gasteiger partial charge < -0.3 is 0 Å². The van der Waals surface area contributed by atoms with Gasteiger partial charge in [-0.3, -0.25) is 9.69 Å². The predicted octanol–water partition coefficient (Wildman–Crippen LogP) is 2.01. The van der Waals surface area contributed by atoms with Gasteiger partial charge in [0.2, 0.25) is 0 Å². The molecule has 0 radical (unpaired) electrons. The van der Waals surface area contributed by atoms with Crippen LogP contribution in [0.15, 0.2) is 12.7 Å². The zero-order valence-electron chi connectivity index (χ0n) is 8.74. The van der Waals surface area contributed by atoms with E-state index in [1.165, 1.54) is 19.4 Å². The van der Waals surface area contributed by atoms with Gasteiger partial charge in [0.1, 0.15) is 5.78 Å². The molecule has 1 aliphatic carbocycles. The Kier molecular flexibility index (Phi) is 3.02. The Morgan fingerprint density at radius 3 is 3.14 bits per heavy atom. The van der Waals surface area contributed by atoms with E-state index in [0.717, 1.165) is 25.8 Å². The van der Waals surface area contributed by atoms with E-state index >= 15 is 0 Å². The van der Waals surface area contributed by atoms with Gasteiger partial charge in [-0.05, 0) is 31.7 Å². The van der Waals surface area contributed by atoms with E-state index in [1.54, 1.807) is 0 Å². The lowest BCUT2D eigenvalue weighted by atomic mass is 9.78. The molecular weight excluding hydrogens is 174 g/mol. The van der Waals surface area contributed by atoms with Crippen LogP contribution in [0.4, 0.5) is 0 Å². The summed E-state index contributed by atoms with van der Waals surface area (Å²) in [6.45, 7) is 5.99. The van der Waals surface area contributed by atoms with Crippen molar-refractivity contribution >= 4 is 5.78 Å². The van der Waals surface area contributed by atoms with E-state index in [2.05, 4.69) is 11.5 Å². The van der Waals surface area contributed by atoms with Crippen molar-refractivity contribution in [3.05, 3.63) is 12.7 Å². The van der Waals surface area contributed by atoms with Crippen LogP contribution in [0, 0.1) is 5.92 Å². The number of carbonyl (C=O) groups excluding carboxylic acids is 1. The van der Waals surface area contributed by atoms with Crippen LogP contribution >= 0.6 is 0 Å². The normalized spacial score (nSPS) is 33.9. The van der Waals surface area contributed by atoms with E-state index in [1.807, 2.05) is 6.08 Å². The molecule has 78 valence electrons. The van der Waals surface area contributed by atoms with E-state index in [-0.39, 0.29) is 0 Å². The molecule has 2 fully saturated rings. The molecular formula is C12H19NO. The molecule has 1 saturated carbocycles. The molecule has 0 aromatic rings. The zero-order valence-corrected chi connectivity index (χ0v) is 8.74. The van der Waals surface area contributed by atoms with Gasteiger partial charge in [-0.25, -0.2) is 0 Å². The molecule has 2 rings (SSSR count). The van der Waals surface area contributed by atoms with Crippen LogP contribution in [-0.2, 0) is 4.79 Å². The number of likely N-dealkylation sites (tertiary alicyclic amines) is 1. The number of hydrogen-bond acceptors (Lipinski definition) is 2. The molecule has 2 heteroatoms. The third kappa shape index (κ3) is 1.90. The van der Waals surface area contributed by atoms with Gasteiger partial charge in [0, 0.05) is 25.4 Å². The molecule has 2 aliphatic rings. The van der Waals surface area contributed by atoms with Crippen LogP contribution in [0.25, 0.3) is 0 Å². The number of ketones is 1. The second-order valence-corrected chi connectivity index (χ2v) is 4.53. The molecule has 0 amide bonds. The third-order valence-electron chi connectivity index (χ3n) is 3.61. The van der Waals surface area contributed by atoms with Gasteiger partial charge in [0.05, 0.1) is 0 Å². The van der Waals surface area contributed by atoms with Gasteiger partial charge in [-0.2, -0.15) is 0 Å². The van der Waals surface area contributed by atoms with Crippen molar-refractivity contribution in [1.82, 2.24) is 4.90 Å². The number of carbonyl (C=O) groups is 1. The molecule has 2 atom stereocenters. The number of piperidine rings is 1. The van der Waals surface area contributed by atoms with Crippen molar-refractivity contribution in [1.29, 1.82) is 0 Å². The fourth-order valence-electron chi connectivity index (χ4n) is 2.97. The molecule has 1 heterocycles. The van der Waals surface area contributed by atoms with E-state index in [0.29, 0.717) is 17.7 Å². The highest BCUT2D eigenvalue weighted by Crippen LogP contribution is 2.33. The van der Waals surface area contributed by atoms with Gasteiger partial charge >= 0.3 is 0 Å². The zero-order chi connectivity index (χ0) is 9.97. The monoisotopic (exact) mass is 193 g/mol. The summed E-state index contributed by atoms with van der Waals surface area (Å²) < 4.78 is 0. The summed E-state index contributed by atoms with van der Waals surface area (Å²) in [4.78, 5) is 13.9. The van der Waals surface area contributed by atoms with Crippen LogP contribution in [0.5, 0.6) is 0 Å². The second kappa shape index (κ2) is 4.26. The smallest absolute Gasteiger partial charge is 0.133 e. The average molecular weight is 193 g/mol. The van der Waals surface area contributed by atoms with Gasteiger partial charge in [-0.15, -0.1) is 6.58 Å². The standard InChI is InChI=1S/C12H19NO/c1-2-7-13-8-3-4-10-9-11(14)5-6-12(10)13/h2,10,12H,1,3-9H2/t10-,12-/m1/s1. The van der Waals surface area contributed by atoms with Gasteiger partial charge in [0.25, 0.3) is 0 Å². The minimum atomic E-state index is 0.478. The summed E-state index contributed by atoms with van der Waals surface area (Å²) in [6, 6.07) is 0.666. The molecule has 0 spiro atoms. The molecule has 1 saturated heterocycles. The Hall–Kier alpha value is -0.630. The maximum atomic E-state index is 11.3. The summed E-state index contributed by atoms with van der Waals surface area (Å²) in [5.74, 6) is 1.12. The first kappa shape index (κ1) is 9.91. The van der Waals surface area contributed by atoms with Crippen molar-refractivity contribution in [3.8, 4) is 0 Å². The topological polar surface area (TPSA) is 20.3 Å². The molecule has 0 aromatic heterocycles. The SMILES string of the molecule is C=CCN1CCC[C@@H]2CC(=O)CC[C@H]21. The maximum absolute atomic E-state index is 11.3. The Balaban J connectivity index is 2.02. The first-order valence-corrected chi connectivity index (χ1v) is 5.68. The molecule has 14 heavy (non-hydrogen) atoms. The summed E-state index contributed by atoms with van der Waals surface area (Å²) in [7, 11) is 0. The fourth-order valence-corrected chi connectivity index (χ4v) is 2.97. The maximum Gasteiger partial charge on any atom is 0.133 e. The summed E-state index contributed by atoms with van der Waals surface area (Å²) in [5.41, 5.74) is 0. The van der Waals surface area contributed by atoms with Crippen LogP contribution in [0.3, 0.4) is 0 Å². The van der Waals surface area contributed by atoms with Gasteiger partial charge in [-0.1, -0.05) is 6.08 Å². The fraction of sp³-hybridized carbons (Fsp3) is 0.750. The first-order valence-electron chi connectivity index (χ1n) is 5.68. The highest BCUT2D eigenvalue weighted by molar-refractivity contribution is 5.79. The van der Waals surface area contributed by atoms with E-state index in [4.69, 9.17) is 0 Å². The molecule has 2 nitrogen and oxygen atoms in total. The third-order valence-corrected chi connectivity index (χ3v) is 3.61. The summed E-state index contributed by atoms with van der Waals surface area (Å²) >= 11 is 0. The first-order chi connectivity index (χ1) is 6.81. The molecule has 0 N–H and O–H groups in total. The number of nitrogens with zero attached hydrogens (tertiary/aromatic N) is 1. The quantitative estimate of drug-likeness (QED) is 0.625. The Morgan fingerprint density at radius 2 is 2.36 bits per heavy atom. The molecule has 0 unspecified atom stereocenters. The molecule has 0 bridgehead atoms. The van der Waals surface area contributed by atoms with Crippen molar-refractivity contribution < 1.29 is 4.79 Å². The predicted molar refractivity (Wildman–Crippen MR) is 57.1 cm³/mol. The van der Waals surface area contributed by atoms with Crippen LogP contribution in [-0.4, -0.2) is 29.8 Å².